The Hall–Kier alpha value is 1.12. The zero-order valence-electron chi connectivity index (χ0n) is 11.8. The standard InChI is InChI=1S/C12H24N2O2S2.2ClH/c1-7-15-8-2-13(1)5-11-17-18-12-6-14-3-9-16-10-4-14;;/h1-12H2;2*1H. The van der Waals surface area contributed by atoms with Gasteiger partial charge < -0.3 is 9.47 Å². The third-order valence-corrected chi connectivity index (χ3v) is 5.64. The predicted octanol–water partition coefficient (Wildman–Crippen LogP) is 1.88. The van der Waals surface area contributed by atoms with Crippen molar-refractivity contribution in [3.05, 3.63) is 0 Å². The first kappa shape index (κ1) is 21.1. The average Bonchev–Trinajstić information content (AvgIpc) is 2.45. The maximum absolute atomic E-state index is 5.34. The first-order valence-electron chi connectivity index (χ1n) is 6.80. The molecule has 0 bridgehead atoms. The Morgan fingerprint density at radius 2 is 1.00 bits per heavy atom. The lowest BCUT2D eigenvalue weighted by atomic mass is 10.4. The van der Waals surface area contributed by atoms with Crippen LogP contribution in [0.3, 0.4) is 0 Å². The van der Waals surface area contributed by atoms with Crippen molar-refractivity contribution in [2.24, 2.45) is 0 Å². The summed E-state index contributed by atoms with van der Waals surface area (Å²) < 4.78 is 10.7. The molecule has 0 aromatic rings. The lowest BCUT2D eigenvalue weighted by Gasteiger charge is -2.27. The second kappa shape index (κ2) is 13.8. The number of rotatable bonds is 7. The van der Waals surface area contributed by atoms with Crippen molar-refractivity contribution < 1.29 is 9.47 Å². The van der Waals surface area contributed by atoms with Gasteiger partial charge >= 0.3 is 0 Å². The molecule has 122 valence electrons. The predicted molar refractivity (Wildman–Crippen MR) is 93.9 cm³/mol. The third-order valence-electron chi connectivity index (χ3n) is 3.27. The van der Waals surface area contributed by atoms with E-state index in [1.165, 1.54) is 24.6 Å². The molecule has 0 N–H and O–H groups in total. The topological polar surface area (TPSA) is 24.9 Å². The van der Waals surface area contributed by atoms with E-state index in [4.69, 9.17) is 9.47 Å². The summed E-state index contributed by atoms with van der Waals surface area (Å²) in [6.45, 7) is 10.5. The van der Waals surface area contributed by atoms with Crippen LogP contribution < -0.4 is 0 Å². The van der Waals surface area contributed by atoms with Crippen LogP contribution in [0, 0.1) is 0 Å². The Balaban J connectivity index is 0.00000180. The summed E-state index contributed by atoms with van der Waals surface area (Å²) in [5.41, 5.74) is 0. The molecule has 2 saturated heterocycles. The van der Waals surface area contributed by atoms with Crippen molar-refractivity contribution in [1.82, 2.24) is 9.80 Å². The average molecular weight is 365 g/mol. The van der Waals surface area contributed by atoms with Gasteiger partial charge in [-0.2, -0.15) is 0 Å². The molecular formula is C12H26Cl2N2O2S2. The SMILES string of the molecule is C1CN(CCSSCCN2CCOCC2)CCO1.Cl.Cl. The quantitative estimate of drug-likeness (QED) is 0.505. The highest BCUT2D eigenvalue weighted by Crippen LogP contribution is 2.21. The molecule has 0 amide bonds. The van der Waals surface area contributed by atoms with Crippen LogP contribution in [-0.4, -0.2) is 87.0 Å². The van der Waals surface area contributed by atoms with Crippen LogP contribution in [0.25, 0.3) is 0 Å². The second-order valence-electron chi connectivity index (χ2n) is 4.55. The van der Waals surface area contributed by atoms with Crippen LogP contribution in [0.5, 0.6) is 0 Å². The third kappa shape index (κ3) is 9.20. The summed E-state index contributed by atoms with van der Waals surface area (Å²) in [7, 11) is 4.02. The summed E-state index contributed by atoms with van der Waals surface area (Å²) in [5.74, 6) is 2.46. The van der Waals surface area contributed by atoms with Gasteiger partial charge in [0.25, 0.3) is 0 Å². The lowest BCUT2D eigenvalue weighted by molar-refractivity contribution is 0.0409. The summed E-state index contributed by atoms with van der Waals surface area (Å²) in [6, 6.07) is 0. The van der Waals surface area contributed by atoms with Crippen molar-refractivity contribution in [1.29, 1.82) is 0 Å². The summed E-state index contributed by atoms with van der Waals surface area (Å²) >= 11 is 0. The fourth-order valence-electron chi connectivity index (χ4n) is 2.10. The molecule has 0 aromatic carbocycles. The van der Waals surface area contributed by atoms with Gasteiger partial charge in [-0.15, -0.1) is 24.8 Å². The number of nitrogens with zero attached hydrogens (tertiary/aromatic N) is 2. The molecule has 0 spiro atoms. The van der Waals surface area contributed by atoms with E-state index in [-0.39, 0.29) is 24.8 Å². The first-order valence-corrected chi connectivity index (χ1v) is 9.28. The van der Waals surface area contributed by atoms with Gasteiger partial charge in [0.05, 0.1) is 26.4 Å². The molecule has 0 atom stereocenters. The maximum atomic E-state index is 5.34. The van der Waals surface area contributed by atoms with Gasteiger partial charge in [-0.3, -0.25) is 9.80 Å². The van der Waals surface area contributed by atoms with Crippen LogP contribution in [0.2, 0.25) is 0 Å². The van der Waals surface area contributed by atoms with Gasteiger partial charge in [0.2, 0.25) is 0 Å². The van der Waals surface area contributed by atoms with Crippen LogP contribution in [0.1, 0.15) is 0 Å². The van der Waals surface area contributed by atoms with Crippen LogP contribution in [0.4, 0.5) is 0 Å². The Morgan fingerprint density at radius 3 is 1.35 bits per heavy atom. The van der Waals surface area contributed by atoms with Gasteiger partial charge in [0.15, 0.2) is 0 Å². The fraction of sp³-hybridized carbons (Fsp3) is 1.00. The molecule has 0 aromatic heterocycles. The lowest BCUT2D eigenvalue weighted by Crippen LogP contribution is -2.37. The molecule has 0 unspecified atom stereocenters. The molecule has 8 heteroatoms. The molecule has 2 fully saturated rings. The van der Waals surface area contributed by atoms with Gasteiger partial charge in [-0.05, 0) is 0 Å². The van der Waals surface area contributed by atoms with E-state index < -0.39 is 0 Å². The Morgan fingerprint density at radius 1 is 0.650 bits per heavy atom. The largest absolute Gasteiger partial charge is 0.379 e. The molecule has 2 aliphatic heterocycles. The Kier molecular flexibility index (Phi) is 14.5. The van der Waals surface area contributed by atoms with E-state index in [9.17, 15) is 0 Å². The number of ether oxygens (including phenoxy) is 2. The smallest absolute Gasteiger partial charge is 0.0594 e. The van der Waals surface area contributed by atoms with Crippen molar-refractivity contribution in [2.45, 2.75) is 0 Å². The van der Waals surface area contributed by atoms with Crippen LogP contribution in [-0.2, 0) is 9.47 Å². The van der Waals surface area contributed by atoms with Crippen molar-refractivity contribution >= 4 is 46.4 Å². The zero-order chi connectivity index (χ0) is 12.5. The van der Waals surface area contributed by atoms with Crippen molar-refractivity contribution in [2.75, 3.05) is 77.2 Å². The second-order valence-corrected chi connectivity index (χ2v) is 7.25. The molecule has 4 nitrogen and oxygen atoms in total. The van der Waals surface area contributed by atoms with Gasteiger partial charge in [-0.1, -0.05) is 21.6 Å². The number of hydrogen-bond donors (Lipinski definition) is 0. The van der Waals surface area contributed by atoms with Crippen molar-refractivity contribution in [3.63, 3.8) is 0 Å². The normalized spacial score (nSPS) is 21.0. The van der Waals surface area contributed by atoms with E-state index in [1.54, 1.807) is 0 Å². The summed E-state index contributed by atoms with van der Waals surface area (Å²) in [6.07, 6.45) is 0. The molecular weight excluding hydrogens is 339 g/mol. The molecule has 0 saturated carbocycles. The van der Waals surface area contributed by atoms with E-state index in [0.29, 0.717) is 0 Å². The van der Waals surface area contributed by atoms with E-state index in [0.717, 1.165) is 52.6 Å². The first-order chi connectivity index (χ1) is 8.95. The molecule has 20 heavy (non-hydrogen) atoms. The van der Waals surface area contributed by atoms with E-state index in [1.807, 2.05) is 21.6 Å². The van der Waals surface area contributed by atoms with Gasteiger partial charge in [-0.25, -0.2) is 0 Å². The Labute approximate surface area is 142 Å². The minimum atomic E-state index is 0. The summed E-state index contributed by atoms with van der Waals surface area (Å²) in [4.78, 5) is 5.00. The highest BCUT2D eigenvalue weighted by atomic mass is 35.5. The molecule has 0 aliphatic carbocycles. The zero-order valence-corrected chi connectivity index (χ0v) is 15.1. The van der Waals surface area contributed by atoms with E-state index >= 15 is 0 Å². The van der Waals surface area contributed by atoms with Crippen LogP contribution in [0.15, 0.2) is 0 Å². The minimum absolute atomic E-state index is 0. The number of morpholine rings is 2. The molecule has 2 aliphatic rings. The van der Waals surface area contributed by atoms with E-state index in [2.05, 4.69) is 9.80 Å². The number of hydrogen-bond acceptors (Lipinski definition) is 6. The summed E-state index contributed by atoms with van der Waals surface area (Å²) in [5, 5.41) is 0. The van der Waals surface area contributed by atoms with Crippen LogP contribution >= 0.6 is 46.4 Å². The van der Waals surface area contributed by atoms with Gasteiger partial charge in [0, 0.05) is 50.8 Å². The molecule has 2 rings (SSSR count). The molecule has 0 radical (unpaired) electrons. The highest BCUT2D eigenvalue weighted by molar-refractivity contribution is 8.76. The van der Waals surface area contributed by atoms with Gasteiger partial charge in [0.1, 0.15) is 0 Å². The number of halogens is 2. The monoisotopic (exact) mass is 364 g/mol. The molecule has 2 heterocycles. The Bertz CT molecular complexity index is 198. The minimum Gasteiger partial charge on any atom is -0.379 e. The fourth-order valence-corrected chi connectivity index (χ4v) is 4.16. The van der Waals surface area contributed by atoms with Crippen molar-refractivity contribution in [3.8, 4) is 0 Å². The highest BCUT2D eigenvalue weighted by Gasteiger charge is 2.10. The maximum Gasteiger partial charge on any atom is 0.0594 e.